The highest BCUT2D eigenvalue weighted by Gasteiger charge is 2.26. The number of carbonyl (C=O) groups excluding carboxylic acids is 2. The number of anilines is 1. The fraction of sp³-hybridized carbons (Fsp3) is 0.467. The van der Waals surface area contributed by atoms with Crippen LogP contribution in [0.4, 0.5) is 5.69 Å². The number of amides is 1. The van der Waals surface area contributed by atoms with E-state index in [0.29, 0.717) is 12.3 Å². The van der Waals surface area contributed by atoms with Crippen molar-refractivity contribution in [3.8, 4) is 0 Å². The van der Waals surface area contributed by atoms with Crippen LogP contribution in [0, 0.1) is 11.8 Å². The van der Waals surface area contributed by atoms with Gasteiger partial charge in [0.25, 0.3) is 0 Å². The topological polar surface area (TPSA) is 37.4 Å². The largest absolute Gasteiger partial charge is 0.315 e. The highest BCUT2D eigenvalue weighted by Crippen LogP contribution is 2.29. The summed E-state index contributed by atoms with van der Waals surface area (Å²) in [6, 6.07) is 5.58. The maximum Gasteiger partial charge on any atom is 0.231 e. The van der Waals surface area contributed by atoms with Gasteiger partial charge in [0.1, 0.15) is 0 Å². The zero-order valence-corrected chi connectivity index (χ0v) is 11.4. The van der Waals surface area contributed by atoms with Gasteiger partial charge in [0.15, 0.2) is 5.78 Å². The van der Waals surface area contributed by atoms with Crippen LogP contribution < -0.4 is 4.90 Å². The van der Waals surface area contributed by atoms with Crippen molar-refractivity contribution in [3.63, 3.8) is 0 Å². The average Bonchev–Trinajstić information content (AvgIpc) is 2.62. The summed E-state index contributed by atoms with van der Waals surface area (Å²) in [5, 5.41) is 0. The highest BCUT2D eigenvalue weighted by molar-refractivity contribution is 6.03. The Morgan fingerprint density at radius 3 is 2.56 bits per heavy atom. The number of fused-ring (bicyclic) bond motifs is 1. The molecule has 3 nitrogen and oxygen atoms in total. The standard InChI is InChI=1S/C15H19NO2/c1-9(2)10(3)15(18)11-5-6-13-12(7-11)8-14(17)16(13)4/h5-7,9-10H,8H2,1-4H3. The van der Waals surface area contributed by atoms with E-state index >= 15 is 0 Å². The maximum absolute atomic E-state index is 12.3. The van der Waals surface area contributed by atoms with Crippen molar-refractivity contribution >= 4 is 17.4 Å². The van der Waals surface area contributed by atoms with Crippen molar-refractivity contribution in [2.75, 3.05) is 11.9 Å². The Kier molecular flexibility index (Phi) is 3.24. The predicted octanol–water partition coefficient (Wildman–Crippen LogP) is 2.68. The van der Waals surface area contributed by atoms with E-state index in [1.54, 1.807) is 11.9 Å². The lowest BCUT2D eigenvalue weighted by Gasteiger charge is -2.15. The number of likely N-dealkylation sites (N-methyl/N-ethyl adjacent to an activating group) is 1. The van der Waals surface area contributed by atoms with Crippen LogP contribution in [0.5, 0.6) is 0 Å². The quantitative estimate of drug-likeness (QED) is 0.768. The van der Waals surface area contributed by atoms with Crippen LogP contribution in [0.25, 0.3) is 0 Å². The summed E-state index contributed by atoms with van der Waals surface area (Å²) in [6.07, 6.45) is 0.406. The van der Waals surface area contributed by atoms with E-state index < -0.39 is 0 Å². The molecule has 1 aliphatic heterocycles. The van der Waals surface area contributed by atoms with Crippen molar-refractivity contribution in [1.29, 1.82) is 0 Å². The molecule has 3 heteroatoms. The van der Waals surface area contributed by atoms with E-state index in [2.05, 4.69) is 0 Å². The van der Waals surface area contributed by atoms with Crippen molar-refractivity contribution < 1.29 is 9.59 Å². The third kappa shape index (κ3) is 2.05. The first-order valence-electron chi connectivity index (χ1n) is 6.35. The third-order valence-electron chi connectivity index (χ3n) is 3.85. The molecular weight excluding hydrogens is 226 g/mol. The molecule has 1 heterocycles. The molecule has 1 amide bonds. The molecule has 1 aromatic rings. The minimum Gasteiger partial charge on any atom is -0.315 e. The van der Waals surface area contributed by atoms with Crippen molar-refractivity contribution in [2.45, 2.75) is 27.2 Å². The predicted molar refractivity (Wildman–Crippen MR) is 71.9 cm³/mol. The fourth-order valence-electron chi connectivity index (χ4n) is 2.19. The van der Waals surface area contributed by atoms with Gasteiger partial charge in [-0.15, -0.1) is 0 Å². The van der Waals surface area contributed by atoms with Gasteiger partial charge in [-0.3, -0.25) is 9.59 Å². The summed E-state index contributed by atoms with van der Waals surface area (Å²) in [7, 11) is 1.77. The molecule has 96 valence electrons. The molecular formula is C15H19NO2. The number of benzene rings is 1. The first-order chi connectivity index (χ1) is 8.41. The molecule has 2 rings (SSSR count). The lowest BCUT2D eigenvalue weighted by Crippen LogP contribution is -2.20. The van der Waals surface area contributed by atoms with Crippen LogP contribution in [-0.2, 0) is 11.2 Å². The van der Waals surface area contributed by atoms with Gasteiger partial charge in [-0.1, -0.05) is 20.8 Å². The van der Waals surface area contributed by atoms with Crippen LogP contribution in [0.15, 0.2) is 18.2 Å². The summed E-state index contributed by atoms with van der Waals surface area (Å²) in [5.74, 6) is 0.592. The molecule has 18 heavy (non-hydrogen) atoms. The number of rotatable bonds is 3. The number of nitrogens with zero attached hydrogens (tertiary/aromatic N) is 1. The van der Waals surface area contributed by atoms with Crippen LogP contribution in [0.1, 0.15) is 36.7 Å². The highest BCUT2D eigenvalue weighted by atomic mass is 16.2. The molecule has 0 saturated carbocycles. The number of ketones is 1. The summed E-state index contributed by atoms with van der Waals surface area (Å²) in [6.45, 7) is 6.05. The Morgan fingerprint density at radius 2 is 1.94 bits per heavy atom. The summed E-state index contributed by atoms with van der Waals surface area (Å²) in [4.78, 5) is 25.5. The van der Waals surface area contributed by atoms with Crippen LogP contribution in [-0.4, -0.2) is 18.7 Å². The van der Waals surface area contributed by atoms with Crippen LogP contribution in [0.3, 0.4) is 0 Å². The zero-order valence-electron chi connectivity index (χ0n) is 11.4. The number of hydrogen-bond acceptors (Lipinski definition) is 2. The van der Waals surface area contributed by atoms with Gasteiger partial charge in [-0.25, -0.2) is 0 Å². The number of hydrogen-bond donors (Lipinski definition) is 0. The lowest BCUT2D eigenvalue weighted by atomic mass is 9.89. The van der Waals surface area contributed by atoms with Crippen molar-refractivity contribution in [2.24, 2.45) is 11.8 Å². The third-order valence-corrected chi connectivity index (χ3v) is 3.85. The minimum atomic E-state index is 0.0119. The second kappa shape index (κ2) is 4.56. The molecule has 1 unspecified atom stereocenters. The van der Waals surface area contributed by atoms with E-state index in [4.69, 9.17) is 0 Å². The Labute approximate surface area is 108 Å². The first kappa shape index (κ1) is 12.8. The molecule has 1 atom stereocenters. The number of carbonyl (C=O) groups is 2. The van der Waals surface area contributed by atoms with Gasteiger partial charge in [-0.2, -0.15) is 0 Å². The lowest BCUT2D eigenvalue weighted by molar-refractivity contribution is -0.117. The van der Waals surface area contributed by atoms with Crippen molar-refractivity contribution in [1.82, 2.24) is 0 Å². The van der Waals surface area contributed by atoms with E-state index in [9.17, 15) is 9.59 Å². The van der Waals surface area contributed by atoms with Crippen LogP contribution in [0.2, 0.25) is 0 Å². The molecule has 0 radical (unpaired) electrons. The zero-order chi connectivity index (χ0) is 13.4. The minimum absolute atomic E-state index is 0.0119. The summed E-state index contributed by atoms with van der Waals surface area (Å²) in [5.41, 5.74) is 2.61. The average molecular weight is 245 g/mol. The molecule has 1 aliphatic rings. The summed E-state index contributed by atoms with van der Waals surface area (Å²) >= 11 is 0. The van der Waals surface area contributed by atoms with E-state index in [-0.39, 0.29) is 17.6 Å². The van der Waals surface area contributed by atoms with Gasteiger partial charge in [-0.05, 0) is 29.7 Å². The molecule has 1 aromatic carbocycles. The first-order valence-corrected chi connectivity index (χ1v) is 6.35. The van der Waals surface area contributed by atoms with Gasteiger partial charge in [0, 0.05) is 24.2 Å². The smallest absolute Gasteiger partial charge is 0.231 e. The molecule has 0 N–H and O–H groups in total. The summed E-state index contributed by atoms with van der Waals surface area (Å²) < 4.78 is 0. The fourth-order valence-corrected chi connectivity index (χ4v) is 2.19. The molecule has 0 aliphatic carbocycles. The second-order valence-corrected chi connectivity index (χ2v) is 5.37. The van der Waals surface area contributed by atoms with Gasteiger partial charge in [0.05, 0.1) is 6.42 Å². The van der Waals surface area contributed by atoms with Gasteiger partial charge < -0.3 is 4.90 Å². The van der Waals surface area contributed by atoms with Gasteiger partial charge >= 0.3 is 0 Å². The molecule has 0 fully saturated rings. The molecule has 0 bridgehead atoms. The van der Waals surface area contributed by atoms with Crippen molar-refractivity contribution in [3.05, 3.63) is 29.3 Å². The van der Waals surface area contributed by atoms with E-state index in [1.165, 1.54) is 0 Å². The molecule has 0 aromatic heterocycles. The Bertz CT molecular complexity index is 505. The Hall–Kier alpha value is -1.64. The van der Waals surface area contributed by atoms with E-state index in [1.807, 2.05) is 39.0 Å². The SMILES string of the molecule is CC(C)C(C)C(=O)c1ccc2c(c1)CC(=O)N2C. The molecule has 0 spiro atoms. The van der Waals surface area contributed by atoms with Gasteiger partial charge in [0.2, 0.25) is 5.91 Å². The van der Waals surface area contributed by atoms with E-state index in [0.717, 1.165) is 16.8 Å². The number of Topliss-reactive ketones (excluding diaryl/α,β-unsaturated/α-hetero) is 1. The maximum atomic E-state index is 12.3. The normalized spacial score (nSPS) is 16.1. The Balaban J connectivity index is 2.31. The molecule has 0 saturated heterocycles. The van der Waals surface area contributed by atoms with Crippen LogP contribution >= 0.6 is 0 Å². The monoisotopic (exact) mass is 245 g/mol. The second-order valence-electron chi connectivity index (χ2n) is 5.37. The Morgan fingerprint density at radius 1 is 1.28 bits per heavy atom.